The van der Waals surface area contributed by atoms with Gasteiger partial charge in [-0.1, -0.05) is 6.92 Å². The van der Waals surface area contributed by atoms with E-state index in [2.05, 4.69) is 27.3 Å². The summed E-state index contributed by atoms with van der Waals surface area (Å²) in [5, 5.41) is 11.8. The van der Waals surface area contributed by atoms with Gasteiger partial charge >= 0.3 is 0 Å². The lowest BCUT2D eigenvalue weighted by atomic mass is 10.1. The Morgan fingerprint density at radius 3 is 2.89 bits per heavy atom. The summed E-state index contributed by atoms with van der Waals surface area (Å²) < 4.78 is 1.14. The van der Waals surface area contributed by atoms with E-state index in [1.165, 1.54) is 4.88 Å². The highest BCUT2D eigenvalue weighted by Crippen LogP contribution is 2.23. The first-order valence-corrected chi connectivity index (χ1v) is 7.91. The number of carbonyl (C=O) groups is 1. The molecule has 0 aliphatic heterocycles. The maximum Gasteiger partial charge on any atom is 0.220 e. The summed E-state index contributed by atoms with van der Waals surface area (Å²) in [4.78, 5) is 13.0. The van der Waals surface area contributed by atoms with Gasteiger partial charge in [0.15, 0.2) is 0 Å². The summed E-state index contributed by atoms with van der Waals surface area (Å²) in [6, 6.07) is 4.24. The third kappa shape index (κ3) is 5.98. The third-order valence-electron chi connectivity index (χ3n) is 2.79. The van der Waals surface area contributed by atoms with E-state index < -0.39 is 0 Å². The van der Waals surface area contributed by atoms with Crippen molar-refractivity contribution in [1.29, 1.82) is 0 Å². The highest BCUT2D eigenvalue weighted by atomic mass is 79.9. The molecular formula is C13H20BrNO2S. The molecular weight excluding hydrogens is 314 g/mol. The van der Waals surface area contributed by atoms with E-state index in [9.17, 15) is 4.79 Å². The van der Waals surface area contributed by atoms with E-state index in [-0.39, 0.29) is 18.6 Å². The molecule has 0 bridgehead atoms. The normalized spacial score (nSPS) is 12.4. The summed E-state index contributed by atoms with van der Waals surface area (Å²) in [6.45, 7) is 2.14. The number of amides is 1. The molecule has 18 heavy (non-hydrogen) atoms. The van der Waals surface area contributed by atoms with Crippen molar-refractivity contribution in [1.82, 2.24) is 5.32 Å². The molecule has 1 heterocycles. The van der Waals surface area contributed by atoms with Gasteiger partial charge < -0.3 is 10.4 Å². The van der Waals surface area contributed by atoms with Crippen LogP contribution in [-0.2, 0) is 11.2 Å². The van der Waals surface area contributed by atoms with Crippen LogP contribution in [0.4, 0.5) is 0 Å². The zero-order valence-corrected chi connectivity index (χ0v) is 13.0. The lowest BCUT2D eigenvalue weighted by Crippen LogP contribution is -2.34. The Morgan fingerprint density at radius 2 is 2.33 bits per heavy atom. The van der Waals surface area contributed by atoms with Crippen molar-refractivity contribution in [2.45, 2.75) is 45.1 Å². The molecule has 0 aliphatic carbocycles. The minimum Gasteiger partial charge on any atom is -0.396 e. The van der Waals surface area contributed by atoms with E-state index in [4.69, 9.17) is 5.11 Å². The van der Waals surface area contributed by atoms with Crippen molar-refractivity contribution >= 4 is 33.2 Å². The maximum atomic E-state index is 11.7. The highest BCUT2D eigenvalue weighted by Gasteiger charge is 2.09. The summed E-state index contributed by atoms with van der Waals surface area (Å²) in [6.07, 6.45) is 3.87. The monoisotopic (exact) mass is 333 g/mol. The van der Waals surface area contributed by atoms with Crippen LogP contribution in [0.15, 0.2) is 15.9 Å². The molecule has 1 amide bonds. The van der Waals surface area contributed by atoms with Gasteiger partial charge in [0.2, 0.25) is 5.91 Å². The minimum atomic E-state index is 0.0888. The second-order valence-corrected chi connectivity index (χ2v) is 6.79. The average Bonchev–Trinajstić information content (AvgIpc) is 2.74. The Hall–Kier alpha value is -0.390. The number of aliphatic hydroxyl groups excluding tert-OH is 1. The number of rotatable bonds is 8. The molecule has 0 aromatic carbocycles. The van der Waals surface area contributed by atoms with E-state index in [0.29, 0.717) is 12.8 Å². The Balaban J connectivity index is 2.20. The standard InChI is InChI=1S/C13H20BrNO2S/c1-2-10(8-9-16)15-13(17)5-3-4-11-6-7-12(14)18-11/h6-7,10,16H,2-5,8-9H2,1H3,(H,15,17). The number of thiophene rings is 1. The number of hydrogen-bond donors (Lipinski definition) is 2. The molecule has 1 atom stereocenters. The molecule has 5 heteroatoms. The molecule has 1 aromatic rings. The van der Waals surface area contributed by atoms with Gasteiger partial charge in [-0.2, -0.15) is 0 Å². The van der Waals surface area contributed by atoms with Crippen LogP contribution in [0.1, 0.15) is 37.5 Å². The van der Waals surface area contributed by atoms with Crippen LogP contribution >= 0.6 is 27.3 Å². The topological polar surface area (TPSA) is 49.3 Å². The van der Waals surface area contributed by atoms with E-state index in [1.807, 2.05) is 13.0 Å². The number of hydrogen-bond acceptors (Lipinski definition) is 3. The highest BCUT2D eigenvalue weighted by molar-refractivity contribution is 9.11. The molecule has 1 rings (SSSR count). The van der Waals surface area contributed by atoms with Gasteiger partial charge in [-0.15, -0.1) is 11.3 Å². The predicted octanol–water partition coefficient (Wildman–Crippen LogP) is 3.11. The molecule has 0 spiro atoms. The molecule has 0 fully saturated rings. The van der Waals surface area contributed by atoms with Crippen molar-refractivity contribution < 1.29 is 9.90 Å². The fourth-order valence-corrected chi connectivity index (χ4v) is 3.27. The number of halogens is 1. The molecule has 102 valence electrons. The van der Waals surface area contributed by atoms with Crippen molar-refractivity contribution in [2.24, 2.45) is 0 Å². The SMILES string of the molecule is CCC(CCO)NC(=O)CCCc1ccc(Br)s1. The van der Waals surface area contributed by atoms with Gasteiger partial charge in [-0.3, -0.25) is 4.79 Å². The van der Waals surface area contributed by atoms with Crippen LogP contribution < -0.4 is 5.32 Å². The number of carbonyl (C=O) groups excluding carboxylic acids is 1. The average molecular weight is 334 g/mol. The second kappa shape index (κ2) is 8.67. The summed E-state index contributed by atoms with van der Waals surface area (Å²) in [7, 11) is 0. The summed E-state index contributed by atoms with van der Waals surface area (Å²) in [5.41, 5.74) is 0. The molecule has 1 aromatic heterocycles. The largest absolute Gasteiger partial charge is 0.396 e. The number of nitrogens with one attached hydrogen (secondary N) is 1. The van der Waals surface area contributed by atoms with Crippen molar-refractivity contribution in [3.63, 3.8) is 0 Å². The van der Waals surface area contributed by atoms with Crippen molar-refractivity contribution in [3.05, 3.63) is 20.8 Å². The molecule has 2 N–H and O–H groups in total. The molecule has 0 saturated carbocycles. The van der Waals surface area contributed by atoms with Crippen molar-refractivity contribution in [2.75, 3.05) is 6.61 Å². The lowest BCUT2D eigenvalue weighted by molar-refractivity contribution is -0.122. The number of aliphatic hydroxyl groups is 1. The second-order valence-electron chi connectivity index (χ2n) is 4.24. The minimum absolute atomic E-state index is 0.0888. The Bertz CT molecular complexity index is 368. The van der Waals surface area contributed by atoms with E-state index in [1.54, 1.807) is 11.3 Å². The van der Waals surface area contributed by atoms with Gasteiger partial charge in [0.1, 0.15) is 0 Å². The van der Waals surface area contributed by atoms with Gasteiger partial charge in [-0.05, 0) is 53.7 Å². The first-order valence-electron chi connectivity index (χ1n) is 6.30. The Labute approximate surface area is 121 Å². The van der Waals surface area contributed by atoms with Crippen LogP contribution in [-0.4, -0.2) is 23.7 Å². The van der Waals surface area contributed by atoms with Crippen LogP contribution in [0.5, 0.6) is 0 Å². The zero-order valence-electron chi connectivity index (χ0n) is 10.6. The van der Waals surface area contributed by atoms with Crippen LogP contribution in [0.3, 0.4) is 0 Å². The predicted molar refractivity (Wildman–Crippen MR) is 78.9 cm³/mol. The molecule has 0 radical (unpaired) electrons. The third-order valence-corrected chi connectivity index (χ3v) is 4.47. The van der Waals surface area contributed by atoms with Gasteiger partial charge in [-0.25, -0.2) is 0 Å². The fourth-order valence-electron chi connectivity index (χ4n) is 1.74. The van der Waals surface area contributed by atoms with Gasteiger partial charge in [0.25, 0.3) is 0 Å². The molecule has 0 aliphatic rings. The van der Waals surface area contributed by atoms with Gasteiger partial charge in [0.05, 0.1) is 3.79 Å². The molecule has 3 nitrogen and oxygen atoms in total. The maximum absolute atomic E-state index is 11.7. The fraction of sp³-hybridized carbons (Fsp3) is 0.615. The first kappa shape index (κ1) is 15.7. The lowest BCUT2D eigenvalue weighted by Gasteiger charge is -2.15. The van der Waals surface area contributed by atoms with Crippen molar-refractivity contribution in [3.8, 4) is 0 Å². The Morgan fingerprint density at radius 1 is 1.56 bits per heavy atom. The summed E-state index contributed by atoms with van der Waals surface area (Å²) in [5.74, 6) is 0.0888. The first-order chi connectivity index (χ1) is 8.65. The van der Waals surface area contributed by atoms with Crippen LogP contribution in [0.25, 0.3) is 0 Å². The van der Waals surface area contributed by atoms with Crippen LogP contribution in [0.2, 0.25) is 0 Å². The smallest absolute Gasteiger partial charge is 0.220 e. The van der Waals surface area contributed by atoms with Gasteiger partial charge in [0, 0.05) is 23.9 Å². The summed E-state index contributed by atoms with van der Waals surface area (Å²) >= 11 is 5.15. The van der Waals surface area contributed by atoms with Crippen LogP contribution in [0, 0.1) is 0 Å². The zero-order chi connectivity index (χ0) is 13.4. The molecule has 1 unspecified atom stereocenters. The number of aryl methyl sites for hydroxylation is 1. The quantitative estimate of drug-likeness (QED) is 0.767. The van der Waals surface area contributed by atoms with E-state index >= 15 is 0 Å². The van der Waals surface area contributed by atoms with E-state index in [0.717, 1.165) is 23.0 Å². The Kier molecular flexibility index (Phi) is 7.54. The molecule has 0 saturated heterocycles.